The second-order valence-electron chi connectivity index (χ2n) is 6.09. The molecule has 1 rings (SSSR count). The van der Waals surface area contributed by atoms with Crippen LogP contribution >= 0.6 is 11.6 Å². The Labute approximate surface area is 139 Å². The van der Waals surface area contributed by atoms with Gasteiger partial charge in [-0.1, -0.05) is 23.7 Å². The number of halogens is 1. The number of amides is 1. The van der Waals surface area contributed by atoms with Crippen LogP contribution in [0.2, 0.25) is 5.02 Å². The Kier molecular flexibility index (Phi) is 6.15. The van der Waals surface area contributed by atoms with Crippen LogP contribution in [0.4, 0.5) is 4.79 Å². The van der Waals surface area contributed by atoms with Gasteiger partial charge in [0, 0.05) is 6.42 Å². The average Bonchev–Trinajstić information content (AvgIpc) is 2.35. The molecule has 6 nitrogen and oxygen atoms in total. The highest BCUT2D eigenvalue weighted by Gasteiger charge is 2.23. The number of alkyl carbamates (subject to hydrolysis) is 1. The molecule has 1 aromatic rings. The summed E-state index contributed by atoms with van der Waals surface area (Å²) in [5, 5.41) is 11.7. The standard InChI is InChI=1S/C16H20ClNO5/c1-9(18-15(22)23-16(2,3)4)12(19)8-10-6-5-7-11(17)13(10)14(20)21/h5-7,9H,8H2,1-4H3,(H,18,22)(H,20,21). The number of Topliss-reactive ketones (excluding diaryl/α,β-unsaturated/α-hetero) is 1. The molecule has 0 aliphatic rings. The van der Waals surface area contributed by atoms with Crippen molar-refractivity contribution in [2.45, 2.75) is 45.8 Å². The lowest BCUT2D eigenvalue weighted by molar-refractivity contribution is -0.120. The molecule has 7 heteroatoms. The largest absolute Gasteiger partial charge is 0.478 e. The van der Waals surface area contributed by atoms with E-state index in [1.807, 2.05) is 0 Å². The van der Waals surface area contributed by atoms with Gasteiger partial charge in [0.2, 0.25) is 0 Å². The summed E-state index contributed by atoms with van der Waals surface area (Å²) >= 11 is 5.86. The Morgan fingerprint density at radius 2 is 1.91 bits per heavy atom. The van der Waals surface area contributed by atoms with Crippen molar-refractivity contribution < 1.29 is 24.2 Å². The van der Waals surface area contributed by atoms with Crippen molar-refractivity contribution >= 4 is 29.4 Å². The Hall–Kier alpha value is -2.08. The molecule has 1 amide bonds. The number of benzene rings is 1. The fraction of sp³-hybridized carbons (Fsp3) is 0.438. The maximum atomic E-state index is 12.2. The van der Waals surface area contributed by atoms with Crippen LogP contribution in [0.3, 0.4) is 0 Å². The molecule has 2 N–H and O–H groups in total. The van der Waals surface area contributed by atoms with Gasteiger partial charge in [0.05, 0.1) is 16.6 Å². The Bertz CT molecular complexity index is 621. The molecule has 0 aliphatic carbocycles. The van der Waals surface area contributed by atoms with E-state index in [-0.39, 0.29) is 22.8 Å². The number of nitrogens with one attached hydrogen (secondary N) is 1. The van der Waals surface area contributed by atoms with E-state index in [1.165, 1.54) is 19.1 Å². The Balaban J connectivity index is 2.79. The Morgan fingerprint density at radius 3 is 2.43 bits per heavy atom. The molecule has 126 valence electrons. The quantitative estimate of drug-likeness (QED) is 0.858. The number of aromatic carboxylic acids is 1. The Morgan fingerprint density at radius 1 is 1.30 bits per heavy atom. The summed E-state index contributed by atoms with van der Waals surface area (Å²) in [6.07, 6.45) is -0.859. The molecule has 0 heterocycles. The highest BCUT2D eigenvalue weighted by Crippen LogP contribution is 2.21. The van der Waals surface area contributed by atoms with Gasteiger partial charge in [-0.25, -0.2) is 9.59 Å². The predicted octanol–water partition coefficient (Wildman–Crippen LogP) is 3.06. The molecule has 0 saturated heterocycles. The van der Waals surface area contributed by atoms with E-state index in [1.54, 1.807) is 26.8 Å². The van der Waals surface area contributed by atoms with Gasteiger partial charge in [-0.15, -0.1) is 0 Å². The average molecular weight is 342 g/mol. The number of carboxylic acid groups (broad SMARTS) is 1. The molecular formula is C16H20ClNO5. The molecule has 0 radical (unpaired) electrons. The maximum Gasteiger partial charge on any atom is 0.408 e. The molecule has 0 fully saturated rings. The monoisotopic (exact) mass is 341 g/mol. The molecule has 0 spiro atoms. The molecule has 1 unspecified atom stereocenters. The number of carboxylic acids is 1. The summed E-state index contributed by atoms with van der Waals surface area (Å²) in [5.74, 6) is -1.55. The summed E-state index contributed by atoms with van der Waals surface area (Å²) in [4.78, 5) is 35.1. The fourth-order valence-electron chi connectivity index (χ4n) is 1.86. The zero-order chi connectivity index (χ0) is 17.8. The summed E-state index contributed by atoms with van der Waals surface area (Å²) in [6, 6.07) is 3.73. The van der Waals surface area contributed by atoms with Crippen LogP contribution in [0.15, 0.2) is 18.2 Å². The van der Waals surface area contributed by atoms with Gasteiger partial charge in [-0.05, 0) is 39.3 Å². The van der Waals surface area contributed by atoms with E-state index < -0.39 is 23.7 Å². The lowest BCUT2D eigenvalue weighted by Crippen LogP contribution is -2.42. The van der Waals surface area contributed by atoms with E-state index in [0.29, 0.717) is 5.56 Å². The number of rotatable bonds is 5. The first-order chi connectivity index (χ1) is 10.5. The van der Waals surface area contributed by atoms with Crippen molar-refractivity contribution in [3.05, 3.63) is 34.3 Å². The summed E-state index contributed by atoms with van der Waals surface area (Å²) in [7, 11) is 0. The topological polar surface area (TPSA) is 92.7 Å². The number of hydrogen-bond acceptors (Lipinski definition) is 4. The van der Waals surface area contributed by atoms with E-state index >= 15 is 0 Å². The van der Waals surface area contributed by atoms with Crippen molar-refractivity contribution in [1.82, 2.24) is 5.32 Å². The van der Waals surface area contributed by atoms with Crippen LogP contribution < -0.4 is 5.32 Å². The van der Waals surface area contributed by atoms with Crippen molar-refractivity contribution in [1.29, 1.82) is 0 Å². The van der Waals surface area contributed by atoms with E-state index in [9.17, 15) is 19.5 Å². The number of ketones is 1. The first-order valence-electron chi connectivity index (χ1n) is 7.04. The van der Waals surface area contributed by atoms with Gasteiger partial charge in [-0.2, -0.15) is 0 Å². The van der Waals surface area contributed by atoms with Crippen LogP contribution in [0.5, 0.6) is 0 Å². The van der Waals surface area contributed by atoms with Gasteiger partial charge in [0.1, 0.15) is 5.60 Å². The summed E-state index contributed by atoms with van der Waals surface area (Å²) in [6.45, 7) is 6.65. The van der Waals surface area contributed by atoms with E-state index in [4.69, 9.17) is 16.3 Å². The van der Waals surface area contributed by atoms with Gasteiger partial charge >= 0.3 is 12.1 Å². The first kappa shape index (κ1) is 19.0. The second-order valence-corrected chi connectivity index (χ2v) is 6.50. The lowest BCUT2D eigenvalue weighted by Gasteiger charge is -2.21. The minimum absolute atomic E-state index is 0.0653. The summed E-state index contributed by atoms with van der Waals surface area (Å²) < 4.78 is 5.07. The van der Waals surface area contributed by atoms with Gasteiger partial charge in [0.25, 0.3) is 0 Å². The normalized spacial score (nSPS) is 12.4. The molecule has 1 aromatic carbocycles. The number of ether oxygens (including phenoxy) is 1. The molecule has 0 aromatic heterocycles. The first-order valence-corrected chi connectivity index (χ1v) is 7.42. The van der Waals surface area contributed by atoms with Gasteiger partial charge in [0.15, 0.2) is 5.78 Å². The lowest BCUT2D eigenvalue weighted by atomic mass is 9.99. The van der Waals surface area contributed by atoms with Gasteiger partial charge < -0.3 is 15.2 Å². The molecule has 1 atom stereocenters. The predicted molar refractivity (Wildman–Crippen MR) is 86.0 cm³/mol. The van der Waals surface area contributed by atoms with Crippen molar-refractivity contribution in [2.75, 3.05) is 0 Å². The number of carbonyl (C=O) groups is 3. The van der Waals surface area contributed by atoms with E-state index in [0.717, 1.165) is 0 Å². The van der Waals surface area contributed by atoms with Crippen molar-refractivity contribution in [2.24, 2.45) is 0 Å². The SMILES string of the molecule is CC(NC(=O)OC(C)(C)C)C(=O)Cc1cccc(Cl)c1C(=O)O. The van der Waals surface area contributed by atoms with Crippen molar-refractivity contribution in [3.63, 3.8) is 0 Å². The van der Waals surface area contributed by atoms with Crippen LogP contribution in [-0.4, -0.2) is 34.6 Å². The zero-order valence-corrected chi connectivity index (χ0v) is 14.2. The minimum atomic E-state index is -1.20. The second kappa shape index (κ2) is 7.46. The van der Waals surface area contributed by atoms with Crippen LogP contribution in [-0.2, 0) is 16.0 Å². The third kappa shape index (κ3) is 5.90. The molecule has 0 saturated carbocycles. The zero-order valence-electron chi connectivity index (χ0n) is 13.5. The van der Waals surface area contributed by atoms with E-state index in [2.05, 4.69) is 5.32 Å². The number of carbonyl (C=O) groups excluding carboxylic acids is 2. The smallest absolute Gasteiger partial charge is 0.408 e. The molecule has 23 heavy (non-hydrogen) atoms. The molecular weight excluding hydrogens is 322 g/mol. The molecule has 0 aliphatic heterocycles. The minimum Gasteiger partial charge on any atom is -0.478 e. The third-order valence-corrected chi connectivity index (χ3v) is 3.21. The third-order valence-electron chi connectivity index (χ3n) is 2.89. The maximum absolute atomic E-state index is 12.2. The molecule has 0 bridgehead atoms. The van der Waals surface area contributed by atoms with Crippen molar-refractivity contribution in [3.8, 4) is 0 Å². The van der Waals surface area contributed by atoms with Crippen LogP contribution in [0.1, 0.15) is 43.6 Å². The number of hydrogen-bond donors (Lipinski definition) is 2. The summed E-state index contributed by atoms with van der Waals surface area (Å²) in [5.41, 5.74) is -0.476. The highest BCUT2D eigenvalue weighted by molar-refractivity contribution is 6.33. The van der Waals surface area contributed by atoms with Crippen LogP contribution in [0, 0.1) is 0 Å². The van der Waals surface area contributed by atoms with Crippen LogP contribution in [0.25, 0.3) is 0 Å². The van der Waals surface area contributed by atoms with Gasteiger partial charge in [-0.3, -0.25) is 4.79 Å². The highest BCUT2D eigenvalue weighted by atomic mass is 35.5. The fourth-order valence-corrected chi connectivity index (χ4v) is 2.14.